The van der Waals surface area contributed by atoms with Crippen LogP contribution in [0.1, 0.15) is 32.6 Å². The second kappa shape index (κ2) is 6.24. The molecule has 0 bridgehead atoms. The number of hydrogen-bond donors (Lipinski definition) is 2. The second-order valence-corrected chi connectivity index (χ2v) is 5.25. The zero-order valence-electron chi connectivity index (χ0n) is 10.9. The van der Waals surface area contributed by atoms with E-state index in [9.17, 15) is 4.79 Å². The highest BCUT2D eigenvalue weighted by atomic mass is 16.2. The van der Waals surface area contributed by atoms with Gasteiger partial charge in [0.25, 0.3) is 0 Å². The van der Waals surface area contributed by atoms with Gasteiger partial charge in [0.05, 0.1) is 0 Å². The Balaban J connectivity index is 1.75. The summed E-state index contributed by atoms with van der Waals surface area (Å²) >= 11 is 0. The van der Waals surface area contributed by atoms with Crippen LogP contribution in [0, 0.1) is 11.8 Å². The Morgan fingerprint density at radius 1 is 1.18 bits per heavy atom. The first-order chi connectivity index (χ1) is 8.31. The highest BCUT2D eigenvalue weighted by Crippen LogP contribution is 2.30. The lowest BCUT2D eigenvalue weighted by atomic mass is 9.79. The van der Waals surface area contributed by atoms with Crippen LogP contribution in [0.25, 0.3) is 0 Å². The summed E-state index contributed by atoms with van der Waals surface area (Å²) in [6.45, 7) is 6.95. The maximum atomic E-state index is 11.7. The molecule has 0 aliphatic carbocycles. The molecule has 17 heavy (non-hydrogen) atoms. The van der Waals surface area contributed by atoms with Crippen molar-refractivity contribution in [3.05, 3.63) is 0 Å². The number of nitrogens with zero attached hydrogens (tertiary/aromatic N) is 1. The molecule has 0 spiro atoms. The molecule has 0 aromatic heterocycles. The maximum Gasteiger partial charge on any atom is 0.317 e. The van der Waals surface area contributed by atoms with Crippen molar-refractivity contribution in [3.8, 4) is 0 Å². The van der Waals surface area contributed by atoms with Crippen LogP contribution < -0.4 is 10.6 Å². The maximum absolute atomic E-state index is 11.7. The number of rotatable bonds is 2. The van der Waals surface area contributed by atoms with E-state index in [2.05, 4.69) is 10.6 Å². The fourth-order valence-corrected chi connectivity index (χ4v) is 3.15. The van der Waals surface area contributed by atoms with Gasteiger partial charge in [-0.3, -0.25) is 0 Å². The van der Waals surface area contributed by atoms with Crippen molar-refractivity contribution in [2.75, 3.05) is 32.7 Å². The fourth-order valence-electron chi connectivity index (χ4n) is 3.15. The van der Waals surface area contributed by atoms with E-state index in [-0.39, 0.29) is 6.03 Å². The molecule has 0 aromatic carbocycles. The Morgan fingerprint density at radius 3 is 2.35 bits per heavy atom. The molecule has 2 aliphatic heterocycles. The SMILES string of the molecule is CCNC(=O)N1CCC(C2CCNCC2)CC1. The largest absolute Gasteiger partial charge is 0.338 e. The summed E-state index contributed by atoms with van der Waals surface area (Å²) in [7, 11) is 0. The number of amides is 2. The molecule has 0 radical (unpaired) electrons. The number of carbonyl (C=O) groups excluding carboxylic acids is 1. The number of urea groups is 1. The van der Waals surface area contributed by atoms with Crippen LogP contribution in [0.2, 0.25) is 0 Å². The van der Waals surface area contributed by atoms with Crippen LogP contribution in [0.3, 0.4) is 0 Å². The lowest BCUT2D eigenvalue weighted by Gasteiger charge is -2.37. The van der Waals surface area contributed by atoms with Crippen molar-refractivity contribution in [3.63, 3.8) is 0 Å². The van der Waals surface area contributed by atoms with Crippen LogP contribution in [-0.4, -0.2) is 43.7 Å². The Kier molecular flexibility index (Phi) is 4.66. The summed E-state index contributed by atoms with van der Waals surface area (Å²) in [6, 6.07) is 0.122. The number of hydrogen-bond acceptors (Lipinski definition) is 2. The normalized spacial score (nSPS) is 23.7. The number of likely N-dealkylation sites (tertiary alicyclic amines) is 1. The summed E-state index contributed by atoms with van der Waals surface area (Å²) < 4.78 is 0. The summed E-state index contributed by atoms with van der Waals surface area (Å²) in [5, 5.41) is 6.31. The quantitative estimate of drug-likeness (QED) is 0.765. The second-order valence-electron chi connectivity index (χ2n) is 5.25. The van der Waals surface area contributed by atoms with E-state index in [1.165, 1.54) is 38.8 Å². The monoisotopic (exact) mass is 239 g/mol. The minimum absolute atomic E-state index is 0.122. The van der Waals surface area contributed by atoms with E-state index in [0.717, 1.165) is 31.5 Å². The van der Waals surface area contributed by atoms with Crippen molar-refractivity contribution in [2.45, 2.75) is 32.6 Å². The Bertz CT molecular complexity index is 243. The molecule has 0 aromatic rings. The molecule has 2 fully saturated rings. The standard InChI is InChI=1S/C13H25N3O/c1-2-15-13(17)16-9-5-12(6-10-16)11-3-7-14-8-4-11/h11-12,14H,2-10H2,1H3,(H,15,17). The molecule has 0 saturated carbocycles. The number of nitrogens with one attached hydrogen (secondary N) is 2. The summed E-state index contributed by atoms with van der Waals surface area (Å²) in [5.74, 6) is 1.75. The summed E-state index contributed by atoms with van der Waals surface area (Å²) in [5.41, 5.74) is 0. The molecule has 4 heteroatoms. The van der Waals surface area contributed by atoms with E-state index in [1.54, 1.807) is 0 Å². The average Bonchev–Trinajstić information content (AvgIpc) is 2.40. The zero-order chi connectivity index (χ0) is 12.1. The fraction of sp³-hybridized carbons (Fsp3) is 0.923. The minimum Gasteiger partial charge on any atom is -0.338 e. The minimum atomic E-state index is 0.122. The molecule has 98 valence electrons. The van der Waals surface area contributed by atoms with Crippen molar-refractivity contribution in [1.82, 2.24) is 15.5 Å². The molecule has 2 heterocycles. The van der Waals surface area contributed by atoms with Gasteiger partial charge in [-0.25, -0.2) is 4.79 Å². The van der Waals surface area contributed by atoms with Gasteiger partial charge in [-0.05, 0) is 57.5 Å². The third kappa shape index (κ3) is 3.35. The average molecular weight is 239 g/mol. The summed E-state index contributed by atoms with van der Waals surface area (Å²) in [6.07, 6.45) is 5.04. The number of carbonyl (C=O) groups is 1. The van der Waals surface area contributed by atoms with Gasteiger partial charge in [0.15, 0.2) is 0 Å². The van der Waals surface area contributed by atoms with Crippen LogP contribution >= 0.6 is 0 Å². The van der Waals surface area contributed by atoms with Crippen LogP contribution in [0.4, 0.5) is 4.79 Å². The van der Waals surface area contributed by atoms with Gasteiger partial charge in [0, 0.05) is 19.6 Å². The van der Waals surface area contributed by atoms with Crippen LogP contribution in [0.15, 0.2) is 0 Å². The van der Waals surface area contributed by atoms with Gasteiger partial charge in [-0.2, -0.15) is 0 Å². The molecule has 0 unspecified atom stereocenters. The van der Waals surface area contributed by atoms with E-state index in [1.807, 2.05) is 11.8 Å². The zero-order valence-corrected chi connectivity index (χ0v) is 10.9. The van der Waals surface area contributed by atoms with E-state index in [0.29, 0.717) is 0 Å². The van der Waals surface area contributed by atoms with Crippen LogP contribution in [0.5, 0.6) is 0 Å². The van der Waals surface area contributed by atoms with Crippen LogP contribution in [-0.2, 0) is 0 Å². The summed E-state index contributed by atoms with van der Waals surface area (Å²) in [4.78, 5) is 13.7. The molecular formula is C13H25N3O. The van der Waals surface area contributed by atoms with Gasteiger partial charge < -0.3 is 15.5 Å². The molecule has 2 amide bonds. The van der Waals surface area contributed by atoms with Gasteiger partial charge in [-0.15, -0.1) is 0 Å². The van der Waals surface area contributed by atoms with E-state index in [4.69, 9.17) is 0 Å². The first-order valence-corrected chi connectivity index (χ1v) is 7.04. The van der Waals surface area contributed by atoms with E-state index >= 15 is 0 Å². The molecule has 0 atom stereocenters. The van der Waals surface area contributed by atoms with Gasteiger partial charge in [-0.1, -0.05) is 0 Å². The third-order valence-electron chi connectivity index (χ3n) is 4.21. The molecule has 2 rings (SSSR count). The smallest absolute Gasteiger partial charge is 0.317 e. The van der Waals surface area contributed by atoms with Gasteiger partial charge >= 0.3 is 6.03 Å². The predicted octanol–water partition coefficient (Wildman–Crippen LogP) is 1.43. The molecule has 4 nitrogen and oxygen atoms in total. The topological polar surface area (TPSA) is 44.4 Å². The first-order valence-electron chi connectivity index (χ1n) is 7.04. The Hall–Kier alpha value is -0.770. The highest BCUT2D eigenvalue weighted by Gasteiger charge is 2.28. The van der Waals surface area contributed by atoms with Crippen molar-refractivity contribution < 1.29 is 4.79 Å². The molecule has 2 N–H and O–H groups in total. The van der Waals surface area contributed by atoms with Gasteiger partial charge in [0.1, 0.15) is 0 Å². The number of piperidine rings is 2. The molecular weight excluding hydrogens is 214 g/mol. The lowest BCUT2D eigenvalue weighted by molar-refractivity contribution is 0.137. The third-order valence-corrected chi connectivity index (χ3v) is 4.21. The first kappa shape index (κ1) is 12.7. The van der Waals surface area contributed by atoms with Crippen molar-refractivity contribution in [2.24, 2.45) is 11.8 Å². The Labute approximate surface area is 104 Å². The predicted molar refractivity (Wildman–Crippen MR) is 69.0 cm³/mol. The van der Waals surface area contributed by atoms with Crippen molar-refractivity contribution >= 4 is 6.03 Å². The Morgan fingerprint density at radius 2 is 1.76 bits per heavy atom. The molecule has 2 aliphatic rings. The lowest BCUT2D eigenvalue weighted by Crippen LogP contribution is -2.46. The van der Waals surface area contributed by atoms with Gasteiger partial charge in [0.2, 0.25) is 0 Å². The molecule has 2 saturated heterocycles. The van der Waals surface area contributed by atoms with E-state index < -0.39 is 0 Å². The highest BCUT2D eigenvalue weighted by molar-refractivity contribution is 5.74. The van der Waals surface area contributed by atoms with Crippen molar-refractivity contribution in [1.29, 1.82) is 0 Å².